The molecule has 0 bridgehead atoms. The molecule has 0 radical (unpaired) electrons. The first-order chi connectivity index (χ1) is 6.06. The maximum atomic E-state index is 10.2. The van der Waals surface area contributed by atoms with Gasteiger partial charge in [0, 0.05) is 6.08 Å². The molecule has 0 rings (SSSR count). The molecule has 1 N–H and O–H groups in total. The predicted octanol–water partition coefficient (Wildman–Crippen LogP) is 1.72. The number of carbonyl (C=O) groups is 2. The van der Waals surface area contributed by atoms with E-state index >= 15 is 0 Å². The number of aldehydes is 1. The van der Waals surface area contributed by atoms with Crippen LogP contribution in [0.15, 0.2) is 35.5 Å². The van der Waals surface area contributed by atoms with Crippen LogP contribution in [0.3, 0.4) is 0 Å². The number of aliphatic carboxylic acids is 1. The van der Waals surface area contributed by atoms with Gasteiger partial charge in [0.05, 0.1) is 0 Å². The van der Waals surface area contributed by atoms with Crippen molar-refractivity contribution in [2.45, 2.75) is 13.8 Å². The highest BCUT2D eigenvalue weighted by Crippen LogP contribution is 1.96. The third-order valence-electron chi connectivity index (χ3n) is 1.26. The molecular formula is C10H12O3. The molecule has 0 saturated carbocycles. The molecule has 0 aromatic rings. The molecule has 0 aromatic carbocycles. The molecule has 0 saturated heterocycles. The summed E-state index contributed by atoms with van der Waals surface area (Å²) in [6.45, 7) is 3.35. The van der Waals surface area contributed by atoms with E-state index < -0.39 is 5.97 Å². The van der Waals surface area contributed by atoms with Gasteiger partial charge in [0.2, 0.25) is 0 Å². The van der Waals surface area contributed by atoms with Crippen molar-refractivity contribution in [2.24, 2.45) is 0 Å². The lowest BCUT2D eigenvalue weighted by molar-refractivity contribution is -0.131. The fraction of sp³-hybridized carbons (Fsp3) is 0.200. The second-order valence-corrected chi connectivity index (χ2v) is 2.61. The summed E-state index contributed by atoms with van der Waals surface area (Å²) >= 11 is 0. The van der Waals surface area contributed by atoms with Gasteiger partial charge in [-0.1, -0.05) is 18.2 Å². The zero-order valence-electron chi connectivity index (χ0n) is 7.65. The normalized spacial score (nSPS) is 13.4. The van der Waals surface area contributed by atoms with Crippen LogP contribution in [0.2, 0.25) is 0 Å². The Balaban J connectivity index is 4.28. The van der Waals surface area contributed by atoms with Crippen molar-refractivity contribution in [3.8, 4) is 0 Å². The third-order valence-corrected chi connectivity index (χ3v) is 1.26. The number of carbonyl (C=O) groups excluding carboxylic acids is 1. The van der Waals surface area contributed by atoms with Crippen LogP contribution in [0.5, 0.6) is 0 Å². The number of rotatable bonds is 4. The van der Waals surface area contributed by atoms with E-state index in [1.165, 1.54) is 0 Å². The second-order valence-electron chi connectivity index (χ2n) is 2.61. The maximum absolute atomic E-state index is 10.2. The maximum Gasteiger partial charge on any atom is 0.328 e. The van der Waals surface area contributed by atoms with Crippen LogP contribution in [-0.2, 0) is 9.59 Å². The first kappa shape index (κ1) is 11.4. The van der Waals surface area contributed by atoms with Crippen LogP contribution >= 0.6 is 0 Å². The average molecular weight is 180 g/mol. The Morgan fingerprint density at radius 2 is 1.85 bits per heavy atom. The van der Waals surface area contributed by atoms with Crippen molar-refractivity contribution in [3.63, 3.8) is 0 Å². The summed E-state index contributed by atoms with van der Waals surface area (Å²) in [5, 5.41) is 8.36. The molecule has 0 atom stereocenters. The fourth-order valence-corrected chi connectivity index (χ4v) is 0.634. The van der Waals surface area contributed by atoms with Crippen LogP contribution < -0.4 is 0 Å². The van der Waals surface area contributed by atoms with Crippen molar-refractivity contribution < 1.29 is 14.7 Å². The van der Waals surface area contributed by atoms with Gasteiger partial charge in [-0.25, -0.2) is 4.79 Å². The number of carboxylic acids is 1. The SMILES string of the molecule is C/C(C=O)=C/C=C/C(C)=C/C(=O)O. The highest BCUT2D eigenvalue weighted by molar-refractivity contribution is 5.81. The van der Waals surface area contributed by atoms with Gasteiger partial charge in [0.1, 0.15) is 6.29 Å². The van der Waals surface area contributed by atoms with Crippen molar-refractivity contribution in [1.29, 1.82) is 0 Å². The van der Waals surface area contributed by atoms with Gasteiger partial charge in [0.15, 0.2) is 0 Å². The summed E-state index contributed by atoms with van der Waals surface area (Å²) in [6.07, 6.45) is 6.72. The molecule has 0 aliphatic rings. The Labute approximate surface area is 77.1 Å². The van der Waals surface area contributed by atoms with Gasteiger partial charge >= 0.3 is 5.97 Å². The van der Waals surface area contributed by atoms with E-state index in [2.05, 4.69) is 0 Å². The second kappa shape index (κ2) is 5.94. The van der Waals surface area contributed by atoms with Gasteiger partial charge in [-0.2, -0.15) is 0 Å². The van der Waals surface area contributed by atoms with E-state index in [0.717, 1.165) is 12.4 Å². The van der Waals surface area contributed by atoms with Crippen LogP contribution in [0.4, 0.5) is 0 Å². The first-order valence-corrected chi connectivity index (χ1v) is 3.77. The quantitative estimate of drug-likeness (QED) is 0.407. The molecular weight excluding hydrogens is 168 g/mol. The van der Waals surface area contributed by atoms with E-state index in [1.54, 1.807) is 32.1 Å². The zero-order valence-corrected chi connectivity index (χ0v) is 7.65. The molecule has 0 heterocycles. The van der Waals surface area contributed by atoms with Crippen LogP contribution in [-0.4, -0.2) is 17.4 Å². The Morgan fingerprint density at radius 3 is 2.31 bits per heavy atom. The van der Waals surface area contributed by atoms with E-state index in [4.69, 9.17) is 5.11 Å². The first-order valence-electron chi connectivity index (χ1n) is 3.77. The smallest absolute Gasteiger partial charge is 0.328 e. The summed E-state index contributed by atoms with van der Waals surface area (Å²) in [5.74, 6) is -0.974. The fourth-order valence-electron chi connectivity index (χ4n) is 0.634. The summed E-state index contributed by atoms with van der Waals surface area (Å²) in [5.41, 5.74) is 1.22. The Bertz CT molecular complexity index is 283. The molecule has 0 amide bonds. The molecule has 0 spiro atoms. The number of allylic oxidation sites excluding steroid dienone is 5. The highest BCUT2D eigenvalue weighted by Gasteiger charge is 1.88. The van der Waals surface area contributed by atoms with E-state index in [9.17, 15) is 9.59 Å². The van der Waals surface area contributed by atoms with Crippen LogP contribution in [0, 0.1) is 0 Å². The lowest BCUT2D eigenvalue weighted by Gasteiger charge is -1.87. The Hall–Kier alpha value is -1.64. The topological polar surface area (TPSA) is 54.4 Å². The predicted molar refractivity (Wildman–Crippen MR) is 50.4 cm³/mol. The molecule has 0 aliphatic carbocycles. The Morgan fingerprint density at radius 1 is 1.23 bits per heavy atom. The summed E-state index contributed by atoms with van der Waals surface area (Å²) in [7, 11) is 0. The van der Waals surface area contributed by atoms with Crippen LogP contribution in [0.25, 0.3) is 0 Å². The molecule has 70 valence electrons. The Kier molecular flexibility index (Phi) is 5.19. The molecule has 3 nitrogen and oxygen atoms in total. The standard InChI is InChI=1S/C10H12O3/c1-8(6-10(12)13)4-3-5-9(2)7-11/h3-7H,1-2H3,(H,12,13)/b4-3+,8-6+,9-5-. The van der Waals surface area contributed by atoms with Gasteiger partial charge in [0.25, 0.3) is 0 Å². The third kappa shape index (κ3) is 6.75. The van der Waals surface area contributed by atoms with E-state index in [1.807, 2.05) is 0 Å². The van der Waals surface area contributed by atoms with Gasteiger partial charge in [-0.15, -0.1) is 0 Å². The molecule has 3 heteroatoms. The minimum atomic E-state index is -0.974. The number of carboxylic acid groups (broad SMARTS) is 1. The monoisotopic (exact) mass is 180 g/mol. The van der Waals surface area contributed by atoms with Crippen molar-refractivity contribution in [1.82, 2.24) is 0 Å². The van der Waals surface area contributed by atoms with Gasteiger partial charge in [-0.3, -0.25) is 4.79 Å². The lowest BCUT2D eigenvalue weighted by Crippen LogP contribution is -1.87. The molecule has 0 unspecified atom stereocenters. The highest BCUT2D eigenvalue weighted by atomic mass is 16.4. The molecule has 13 heavy (non-hydrogen) atoms. The largest absolute Gasteiger partial charge is 0.478 e. The molecule has 0 fully saturated rings. The van der Waals surface area contributed by atoms with Gasteiger partial charge < -0.3 is 5.11 Å². The number of hydrogen-bond acceptors (Lipinski definition) is 2. The van der Waals surface area contributed by atoms with E-state index in [-0.39, 0.29) is 0 Å². The van der Waals surface area contributed by atoms with Crippen molar-refractivity contribution >= 4 is 12.3 Å². The summed E-state index contributed by atoms with van der Waals surface area (Å²) < 4.78 is 0. The van der Waals surface area contributed by atoms with E-state index in [0.29, 0.717) is 11.1 Å². The van der Waals surface area contributed by atoms with Crippen molar-refractivity contribution in [2.75, 3.05) is 0 Å². The number of hydrogen-bond donors (Lipinski definition) is 1. The van der Waals surface area contributed by atoms with Gasteiger partial charge in [-0.05, 0) is 25.0 Å². The van der Waals surface area contributed by atoms with Crippen LogP contribution in [0.1, 0.15) is 13.8 Å². The molecule has 0 aromatic heterocycles. The molecule has 0 aliphatic heterocycles. The summed E-state index contributed by atoms with van der Waals surface area (Å²) in [6, 6.07) is 0. The lowest BCUT2D eigenvalue weighted by atomic mass is 10.2. The minimum absolute atomic E-state index is 0.597. The van der Waals surface area contributed by atoms with Crippen molar-refractivity contribution in [3.05, 3.63) is 35.5 Å². The average Bonchev–Trinajstić information content (AvgIpc) is 2.02. The minimum Gasteiger partial charge on any atom is -0.478 e. The summed E-state index contributed by atoms with van der Waals surface area (Å²) in [4.78, 5) is 20.3. The zero-order chi connectivity index (χ0) is 10.3.